The summed E-state index contributed by atoms with van der Waals surface area (Å²) < 4.78 is 2.52. The van der Waals surface area contributed by atoms with E-state index in [2.05, 4.69) is 40.1 Å². The highest BCUT2D eigenvalue weighted by Gasteiger charge is 2.15. The Bertz CT molecular complexity index is 1110. The molecule has 1 N–H and O–H groups in total. The molecule has 0 aliphatic rings. The average molecular weight is 488 g/mol. The zero-order valence-electron chi connectivity index (χ0n) is 17.5. The van der Waals surface area contributed by atoms with Gasteiger partial charge in [-0.2, -0.15) is 0 Å². The summed E-state index contributed by atoms with van der Waals surface area (Å²) in [5.74, 6) is 0.100. The smallest absolute Gasteiger partial charge is 0.262 e. The zero-order valence-corrected chi connectivity index (χ0v) is 19.9. The van der Waals surface area contributed by atoms with Gasteiger partial charge in [0.25, 0.3) is 5.56 Å². The fraction of sp³-hybridized carbons (Fsp3) is 0.348. The highest BCUT2D eigenvalue weighted by atomic mass is 79.9. The van der Waals surface area contributed by atoms with Crippen LogP contribution in [-0.4, -0.2) is 21.2 Å². The molecule has 0 spiro atoms. The van der Waals surface area contributed by atoms with Crippen molar-refractivity contribution in [1.82, 2.24) is 9.55 Å². The molecule has 0 fully saturated rings. The van der Waals surface area contributed by atoms with Crippen LogP contribution >= 0.6 is 27.7 Å². The maximum atomic E-state index is 13.0. The minimum Gasteiger partial charge on any atom is -0.325 e. The number of carbonyl (C=O) groups excluding carboxylic acids is 1. The summed E-state index contributed by atoms with van der Waals surface area (Å²) in [7, 11) is 0. The van der Waals surface area contributed by atoms with Crippen LogP contribution < -0.4 is 10.9 Å². The Morgan fingerprint density at radius 2 is 1.83 bits per heavy atom. The van der Waals surface area contributed by atoms with E-state index in [0.29, 0.717) is 22.6 Å². The second-order valence-electron chi connectivity index (χ2n) is 7.01. The van der Waals surface area contributed by atoms with Gasteiger partial charge >= 0.3 is 0 Å². The van der Waals surface area contributed by atoms with Crippen molar-refractivity contribution in [2.75, 3.05) is 11.1 Å². The third-order valence-electron chi connectivity index (χ3n) is 4.92. The minimum atomic E-state index is -0.0937. The van der Waals surface area contributed by atoms with E-state index in [1.54, 1.807) is 10.6 Å². The predicted octanol–water partition coefficient (Wildman–Crippen LogP) is 5.42. The van der Waals surface area contributed by atoms with E-state index in [9.17, 15) is 9.59 Å². The molecule has 158 valence electrons. The molecule has 0 saturated heterocycles. The second-order valence-corrected chi connectivity index (χ2v) is 8.87. The molecule has 0 aliphatic heterocycles. The number of fused-ring (bicyclic) bond motifs is 1. The van der Waals surface area contributed by atoms with Gasteiger partial charge in [0.1, 0.15) is 0 Å². The number of hydrogen-bond acceptors (Lipinski definition) is 4. The molecule has 2 aromatic carbocycles. The Balaban J connectivity index is 1.85. The molecule has 3 aromatic rings. The Labute approximate surface area is 189 Å². The van der Waals surface area contributed by atoms with Gasteiger partial charge in [-0.15, -0.1) is 0 Å². The van der Waals surface area contributed by atoms with Crippen LogP contribution in [0.15, 0.2) is 50.8 Å². The number of aryl methyl sites for hydroxylation is 2. The number of nitrogens with one attached hydrogen (secondary N) is 1. The van der Waals surface area contributed by atoms with Gasteiger partial charge in [0.2, 0.25) is 5.91 Å². The van der Waals surface area contributed by atoms with E-state index in [0.717, 1.165) is 40.5 Å². The van der Waals surface area contributed by atoms with Gasteiger partial charge < -0.3 is 5.32 Å². The molecule has 1 aromatic heterocycles. The van der Waals surface area contributed by atoms with Gasteiger partial charge in [0.15, 0.2) is 5.16 Å². The average Bonchev–Trinajstić information content (AvgIpc) is 2.75. The number of aromatic nitrogens is 2. The van der Waals surface area contributed by atoms with Crippen LogP contribution in [0.4, 0.5) is 5.69 Å². The van der Waals surface area contributed by atoms with E-state index in [1.807, 2.05) is 37.3 Å². The van der Waals surface area contributed by atoms with Crippen LogP contribution in [0, 0.1) is 0 Å². The van der Waals surface area contributed by atoms with Gasteiger partial charge in [-0.25, -0.2) is 4.98 Å². The number of hydrogen-bond donors (Lipinski definition) is 1. The van der Waals surface area contributed by atoms with E-state index in [-0.39, 0.29) is 17.2 Å². The maximum Gasteiger partial charge on any atom is 0.262 e. The Kier molecular flexibility index (Phi) is 7.72. The van der Waals surface area contributed by atoms with Crippen LogP contribution in [0.25, 0.3) is 10.9 Å². The molecule has 0 unspecified atom stereocenters. The van der Waals surface area contributed by atoms with E-state index >= 15 is 0 Å². The van der Waals surface area contributed by atoms with Gasteiger partial charge in [-0.3, -0.25) is 14.2 Å². The fourth-order valence-corrected chi connectivity index (χ4v) is 4.60. The number of thioether (sulfide) groups is 1. The van der Waals surface area contributed by atoms with Crippen LogP contribution in [-0.2, 0) is 24.2 Å². The van der Waals surface area contributed by atoms with Crippen LogP contribution in [0.2, 0.25) is 0 Å². The summed E-state index contributed by atoms with van der Waals surface area (Å²) in [4.78, 5) is 30.4. The third-order valence-corrected chi connectivity index (χ3v) is 6.39. The zero-order chi connectivity index (χ0) is 21.7. The van der Waals surface area contributed by atoms with Crippen molar-refractivity contribution in [2.24, 2.45) is 0 Å². The summed E-state index contributed by atoms with van der Waals surface area (Å²) >= 11 is 4.72. The lowest BCUT2D eigenvalue weighted by atomic mass is 10.0. The largest absolute Gasteiger partial charge is 0.325 e. The van der Waals surface area contributed by atoms with E-state index in [4.69, 9.17) is 0 Å². The lowest BCUT2D eigenvalue weighted by molar-refractivity contribution is -0.113. The molecular weight excluding hydrogens is 462 g/mol. The topological polar surface area (TPSA) is 64.0 Å². The van der Waals surface area contributed by atoms with Crippen LogP contribution in [0.1, 0.15) is 38.3 Å². The van der Waals surface area contributed by atoms with Crippen molar-refractivity contribution in [3.05, 3.63) is 62.4 Å². The normalized spacial score (nSPS) is 11.1. The molecule has 0 saturated carbocycles. The van der Waals surface area contributed by atoms with E-state index in [1.165, 1.54) is 11.8 Å². The number of nitrogens with zero attached hydrogens (tertiary/aromatic N) is 2. The van der Waals surface area contributed by atoms with Crippen LogP contribution in [0.5, 0.6) is 0 Å². The predicted molar refractivity (Wildman–Crippen MR) is 129 cm³/mol. The van der Waals surface area contributed by atoms with Crippen molar-refractivity contribution in [2.45, 2.75) is 51.7 Å². The molecule has 0 radical (unpaired) electrons. The molecule has 30 heavy (non-hydrogen) atoms. The Morgan fingerprint density at radius 3 is 2.47 bits per heavy atom. The van der Waals surface area contributed by atoms with Crippen LogP contribution in [0.3, 0.4) is 0 Å². The number of para-hydroxylation sites is 1. The standard InChI is InChI=1S/C23H26BrN3O2S/c1-4-12-27-22(29)18-13-17(24)10-11-19(18)25-23(27)30-14-20(28)26-21-15(5-2)8-7-9-16(21)6-3/h7-11,13H,4-6,12,14H2,1-3H3,(H,26,28). The SMILES string of the molecule is CCCn1c(SCC(=O)Nc2c(CC)cccc2CC)nc2ccc(Br)cc2c1=O. The highest BCUT2D eigenvalue weighted by Crippen LogP contribution is 2.24. The van der Waals surface area contributed by atoms with Crippen molar-refractivity contribution in [3.8, 4) is 0 Å². The number of carbonyl (C=O) groups is 1. The first kappa shape index (κ1) is 22.6. The Morgan fingerprint density at radius 1 is 1.13 bits per heavy atom. The molecule has 0 bridgehead atoms. The first-order valence-electron chi connectivity index (χ1n) is 10.2. The van der Waals surface area contributed by atoms with Crippen molar-refractivity contribution in [3.63, 3.8) is 0 Å². The van der Waals surface area contributed by atoms with Gasteiger partial charge in [0.05, 0.1) is 16.7 Å². The lowest BCUT2D eigenvalue weighted by Crippen LogP contribution is -2.24. The lowest BCUT2D eigenvalue weighted by Gasteiger charge is -2.15. The minimum absolute atomic E-state index is 0.0735. The Hall–Kier alpha value is -2.12. The van der Waals surface area contributed by atoms with Gasteiger partial charge in [-0.05, 0) is 48.6 Å². The van der Waals surface area contributed by atoms with Crippen molar-refractivity contribution in [1.29, 1.82) is 0 Å². The molecule has 3 rings (SSSR count). The summed E-state index contributed by atoms with van der Waals surface area (Å²) in [5.41, 5.74) is 3.74. The number of rotatable bonds is 8. The van der Waals surface area contributed by atoms with Crippen molar-refractivity contribution >= 4 is 50.2 Å². The third kappa shape index (κ3) is 4.95. The molecule has 1 heterocycles. The number of anilines is 1. The van der Waals surface area contributed by atoms with Gasteiger partial charge in [-0.1, -0.05) is 66.7 Å². The summed E-state index contributed by atoms with van der Waals surface area (Å²) in [6.07, 6.45) is 2.52. The molecule has 5 nitrogen and oxygen atoms in total. The van der Waals surface area contributed by atoms with Crippen molar-refractivity contribution < 1.29 is 4.79 Å². The molecule has 1 amide bonds. The molecule has 0 atom stereocenters. The first-order valence-corrected chi connectivity index (χ1v) is 12.0. The number of amides is 1. The fourth-order valence-electron chi connectivity index (χ4n) is 3.41. The number of halogens is 1. The summed E-state index contributed by atoms with van der Waals surface area (Å²) in [6.45, 7) is 6.75. The number of benzene rings is 2. The summed E-state index contributed by atoms with van der Waals surface area (Å²) in [6, 6.07) is 11.6. The summed E-state index contributed by atoms with van der Waals surface area (Å²) in [5, 5.41) is 4.24. The van der Waals surface area contributed by atoms with Gasteiger partial charge in [0, 0.05) is 16.7 Å². The quantitative estimate of drug-likeness (QED) is 0.340. The molecule has 0 aliphatic carbocycles. The molecule has 7 heteroatoms. The highest BCUT2D eigenvalue weighted by molar-refractivity contribution is 9.10. The monoisotopic (exact) mass is 487 g/mol. The van der Waals surface area contributed by atoms with E-state index < -0.39 is 0 Å². The molecular formula is C23H26BrN3O2S. The first-order chi connectivity index (χ1) is 14.5. The maximum absolute atomic E-state index is 13.0. The second kappa shape index (κ2) is 10.3.